The Morgan fingerprint density at radius 3 is 2.48 bits per heavy atom. The molecule has 5 nitrogen and oxygen atoms in total. The minimum atomic E-state index is -0.183. The predicted octanol–water partition coefficient (Wildman–Crippen LogP) is 4.72. The second-order valence-corrected chi connectivity index (χ2v) is 5.87. The molecule has 0 aliphatic carbocycles. The van der Waals surface area contributed by atoms with Gasteiger partial charge in [-0.05, 0) is 49.2 Å². The number of nitrogens with one attached hydrogen (secondary N) is 2. The summed E-state index contributed by atoms with van der Waals surface area (Å²) in [5.74, 6) is 1.90. The van der Waals surface area contributed by atoms with Crippen LogP contribution in [-0.2, 0) is 0 Å². The van der Waals surface area contributed by atoms with Crippen molar-refractivity contribution >= 4 is 17.5 Å². The van der Waals surface area contributed by atoms with Crippen molar-refractivity contribution in [3.63, 3.8) is 0 Å². The van der Waals surface area contributed by atoms with Crippen LogP contribution in [0.15, 0.2) is 42.5 Å². The van der Waals surface area contributed by atoms with Crippen molar-refractivity contribution in [2.45, 2.75) is 39.5 Å². The lowest BCUT2D eigenvalue weighted by Gasteiger charge is -2.09. The molecule has 0 aliphatic heterocycles. The molecule has 25 heavy (non-hydrogen) atoms. The van der Waals surface area contributed by atoms with Gasteiger partial charge >= 0.3 is 0 Å². The first-order valence-corrected chi connectivity index (χ1v) is 8.98. The van der Waals surface area contributed by atoms with E-state index in [2.05, 4.69) is 29.5 Å². The van der Waals surface area contributed by atoms with Crippen LogP contribution < -0.4 is 15.4 Å². The van der Waals surface area contributed by atoms with Gasteiger partial charge in [-0.2, -0.15) is 0 Å². The van der Waals surface area contributed by atoms with E-state index in [1.54, 1.807) is 18.2 Å². The fourth-order valence-corrected chi connectivity index (χ4v) is 2.31. The summed E-state index contributed by atoms with van der Waals surface area (Å²) in [4.78, 5) is 16.8. The number of aromatic nitrogens is 1. The molecule has 134 valence electrons. The zero-order valence-corrected chi connectivity index (χ0v) is 15.0. The predicted molar refractivity (Wildman–Crippen MR) is 102 cm³/mol. The average Bonchev–Trinajstić information content (AvgIpc) is 2.64. The van der Waals surface area contributed by atoms with Gasteiger partial charge in [-0.25, -0.2) is 4.98 Å². The number of ether oxygens (including phenoxy) is 1. The summed E-state index contributed by atoms with van der Waals surface area (Å²) in [6.07, 6.45) is 4.45. The van der Waals surface area contributed by atoms with E-state index in [0.717, 1.165) is 31.0 Å². The fraction of sp³-hybridized carbons (Fsp3) is 0.400. The van der Waals surface area contributed by atoms with E-state index in [9.17, 15) is 4.79 Å². The molecule has 2 aromatic rings. The van der Waals surface area contributed by atoms with Crippen molar-refractivity contribution in [3.05, 3.63) is 48.0 Å². The minimum absolute atomic E-state index is 0.183. The van der Waals surface area contributed by atoms with Crippen LogP contribution in [0.5, 0.6) is 5.75 Å². The number of nitrogens with zero attached hydrogens (tertiary/aromatic N) is 1. The summed E-state index contributed by atoms with van der Waals surface area (Å²) >= 11 is 0. The lowest BCUT2D eigenvalue weighted by Crippen LogP contribution is -2.13. The van der Waals surface area contributed by atoms with E-state index in [4.69, 9.17) is 4.74 Å². The quantitative estimate of drug-likeness (QED) is 0.614. The number of rotatable bonds is 10. The van der Waals surface area contributed by atoms with Crippen molar-refractivity contribution in [1.29, 1.82) is 0 Å². The Morgan fingerprint density at radius 2 is 1.76 bits per heavy atom. The molecule has 0 saturated heterocycles. The topological polar surface area (TPSA) is 63.2 Å². The highest BCUT2D eigenvalue weighted by atomic mass is 16.5. The maximum Gasteiger partial charge on any atom is 0.256 e. The van der Waals surface area contributed by atoms with Gasteiger partial charge in [0.15, 0.2) is 0 Å². The molecule has 0 fully saturated rings. The SMILES string of the molecule is CCCCCNc1cccc(NC(=O)c2ccc(OCCC)cc2)n1. The van der Waals surface area contributed by atoms with Gasteiger partial charge in [0.05, 0.1) is 6.61 Å². The third kappa shape index (κ3) is 6.45. The van der Waals surface area contributed by atoms with Crippen molar-refractivity contribution in [2.75, 3.05) is 23.8 Å². The van der Waals surface area contributed by atoms with E-state index >= 15 is 0 Å². The smallest absolute Gasteiger partial charge is 0.256 e. The minimum Gasteiger partial charge on any atom is -0.494 e. The summed E-state index contributed by atoms with van der Waals surface area (Å²) in [5.41, 5.74) is 0.576. The highest BCUT2D eigenvalue weighted by molar-refractivity contribution is 6.03. The van der Waals surface area contributed by atoms with Gasteiger partial charge in [0.25, 0.3) is 5.91 Å². The van der Waals surface area contributed by atoms with Gasteiger partial charge in [-0.1, -0.05) is 32.8 Å². The van der Waals surface area contributed by atoms with Crippen molar-refractivity contribution in [2.24, 2.45) is 0 Å². The van der Waals surface area contributed by atoms with Gasteiger partial charge in [-0.3, -0.25) is 4.79 Å². The highest BCUT2D eigenvalue weighted by Crippen LogP contribution is 2.15. The van der Waals surface area contributed by atoms with Crippen LogP contribution in [0.25, 0.3) is 0 Å². The van der Waals surface area contributed by atoms with Gasteiger partial charge < -0.3 is 15.4 Å². The monoisotopic (exact) mass is 341 g/mol. The molecule has 1 aromatic heterocycles. The van der Waals surface area contributed by atoms with Crippen LogP contribution in [0.2, 0.25) is 0 Å². The summed E-state index contributed by atoms with van der Waals surface area (Å²) < 4.78 is 5.53. The molecule has 1 amide bonds. The third-order valence-electron chi connectivity index (χ3n) is 3.67. The Kier molecular flexibility index (Phi) is 7.76. The fourth-order valence-electron chi connectivity index (χ4n) is 2.31. The summed E-state index contributed by atoms with van der Waals surface area (Å²) in [6.45, 7) is 5.80. The van der Waals surface area contributed by atoms with Crippen LogP contribution >= 0.6 is 0 Å². The van der Waals surface area contributed by atoms with Crippen LogP contribution in [0.3, 0.4) is 0 Å². The molecular weight excluding hydrogens is 314 g/mol. The molecule has 1 aromatic carbocycles. The van der Waals surface area contributed by atoms with Crippen molar-refractivity contribution in [1.82, 2.24) is 4.98 Å². The molecule has 0 unspecified atom stereocenters. The Bertz CT molecular complexity index is 656. The van der Waals surface area contributed by atoms with Gasteiger partial charge in [0.1, 0.15) is 17.4 Å². The van der Waals surface area contributed by atoms with Crippen LogP contribution in [0.4, 0.5) is 11.6 Å². The standard InChI is InChI=1S/C20H27N3O2/c1-3-5-6-14-21-18-8-7-9-19(22-18)23-20(24)16-10-12-17(13-11-16)25-15-4-2/h7-13H,3-6,14-15H2,1-2H3,(H2,21,22,23,24). The van der Waals surface area contributed by atoms with E-state index < -0.39 is 0 Å². The number of anilines is 2. The first kappa shape index (κ1) is 18.8. The van der Waals surface area contributed by atoms with Crippen LogP contribution in [0, 0.1) is 0 Å². The molecule has 2 rings (SSSR count). The Labute approximate surface area is 149 Å². The van der Waals surface area contributed by atoms with Gasteiger partial charge in [0, 0.05) is 12.1 Å². The maximum atomic E-state index is 12.3. The molecule has 2 N–H and O–H groups in total. The average molecular weight is 341 g/mol. The zero-order chi connectivity index (χ0) is 17.9. The number of hydrogen-bond acceptors (Lipinski definition) is 4. The molecule has 0 aliphatic rings. The van der Waals surface area contributed by atoms with E-state index in [0.29, 0.717) is 18.0 Å². The molecule has 0 spiro atoms. The largest absolute Gasteiger partial charge is 0.494 e. The third-order valence-corrected chi connectivity index (χ3v) is 3.67. The number of carbonyl (C=O) groups is 1. The summed E-state index contributed by atoms with van der Waals surface area (Å²) in [6, 6.07) is 12.7. The highest BCUT2D eigenvalue weighted by Gasteiger charge is 2.07. The molecule has 1 heterocycles. The molecule has 0 radical (unpaired) electrons. The van der Waals surface area contributed by atoms with Crippen LogP contribution in [-0.4, -0.2) is 24.0 Å². The molecule has 0 atom stereocenters. The summed E-state index contributed by atoms with van der Waals surface area (Å²) in [7, 11) is 0. The van der Waals surface area contributed by atoms with E-state index in [1.807, 2.05) is 24.3 Å². The summed E-state index contributed by atoms with van der Waals surface area (Å²) in [5, 5.41) is 6.11. The second-order valence-electron chi connectivity index (χ2n) is 5.87. The van der Waals surface area contributed by atoms with Crippen molar-refractivity contribution in [3.8, 4) is 5.75 Å². The maximum absolute atomic E-state index is 12.3. The van der Waals surface area contributed by atoms with Crippen LogP contribution in [0.1, 0.15) is 49.9 Å². The molecule has 0 saturated carbocycles. The Balaban J connectivity index is 1.91. The van der Waals surface area contributed by atoms with Gasteiger partial charge in [0.2, 0.25) is 0 Å². The normalized spacial score (nSPS) is 10.3. The molecule has 0 bridgehead atoms. The second kappa shape index (κ2) is 10.3. The van der Waals surface area contributed by atoms with E-state index in [1.165, 1.54) is 12.8 Å². The zero-order valence-electron chi connectivity index (χ0n) is 15.0. The number of pyridine rings is 1. The lowest BCUT2D eigenvalue weighted by atomic mass is 10.2. The van der Waals surface area contributed by atoms with Crippen molar-refractivity contribution < 1.29 is 9.53 Å². The number of unbranched alkanes of at least 4 members (excludes halogenated alkanes) is 2. The number of amides is 1. The lowest BCUT2D eigenvalue weighted by molar-refractivity contribution is 0.102. The van der Waals surface area contributed by atoms with Gasteiger partial charge in [-0.15, -0.1) is 0 Å². The Morgan fingerprint density at radius 1 is 1.00 bits per heavy atom. The molecular formula is C20H27N3O2. The first-order valence-electron chi connectivity index (χ1n) is 8.98. The Hall–Kier alpha value is -2.56. The number of benzene rings is 1. The molecule has 5 heteroatoms. The number of hydrogen-bond donors (Lipinski definition) is 2. The first-order chi connectivity index (χ1) is 12.2. The number of carbonyl (C=O) groups excluding carboxylic acids is 1. The van der Waals surface area contributed by atoms with E-state index in [-0.39, 0.29) is 5.91 Å².